The lowest BCUT2D eigenvalue weighted by atomic mass is 10.0. The van der Waals surface area contributed by atoms with Gasteiger partial charge >= 0.3 is 0 Å². The van der Waals surface area contributed by atoms with E-state index in [0.717, 1.165) is 0 Å². The second kappa shape index (κ2) is 3.25. The van der Waals surface area contributed by atoms with Crippen molar-refractivity contribution in [3.63, 3.8) is 0 Å². The lowest BCUT2D eigenvalue weighted by Crippen LogP contribution is -2.59. The Kier molecular flexibility index (Phi) is 2.67. The molecule has 6 N–H and O–H groups in total. The van der Waals surface area contributed by atoms with Crippen LogP contribution in [0, 0.1) is 0 Å². The van der Waals surface area contributed by atoms with Crippen molar-refractivity contribution in [2.75, 3.05) is 6.61 Å². The molecule has 0 aliphatic carbocycles. The Bertz CT molecular complexity index is 160. The molecular weight excluding hydrogens is 166 g/mol. The van der Waals surface area contributed by atoms with Crippen molar-refractivity contribution in [1.29, 1.82) is 0 Å². The molecule has 0 spiro atoms. The predicted molar refractivity (Wildman–Crippen MR) is 37.8 cm³/mol. The average Bonchev–Trinajstić information content (AvgIpc) is 2.26. The molecule has 1 aliphatic rings. The summed E-state index contributed by atoms with van der Waals surface area (Å²) < 4.78 is 0. The zero-order valence-electron chi connectivity index (χ0n) is 6.38. The predicted octanol–water partition coefficient (Wildman–Crippen LogP) is -3.30. The smallest absolute Gasteiger partial charge is 0.172 e. The zero-order valence-corrected chi connectivity index (χ0v) is 6.38. The van der Waals surface area contributed by atoms with Gasteiger partial charge in [0.05, 0.1) is 6.61 Å². The van der Waals surface area contributed by atoms with Gasteiger partial charge in [-0.2, -0.15) is 0 Å². The quantitative estimate of drug-likeness (QED) is 0.265. The van der Waals surface area contributed by atoms with Crippen LogP contribution < -0.4 is 5.32 Å². The van der Waals surface area contributed by atoms with Crippen LogP contribution >= 0.6 is 0 Å². The van der Waals surface area contributed by atoms with Crippen molar-refractivity contribution in [3.8, 4) is 0 Å². The van der Waals surface area contributed by atoms with E-state index in [1.807, 2.05) is 0 Å². The van der Waals surface area contributed by atoms with E-state index in [9.17, 15) is 10.2 Å². The summed E-state index contributed by atoms with van der Waals surface area (Å²) in [6, 6.07) is 0. The SMILES string of the molecule is OC[C@H](O)[C@@]1(O)NC(O)C[C@H]1O. The molecule has 72 valence electrons. The van der Waals surface area contributed by atoms with E-state index in [0.29, 0.717) is 0 Å². The number of aliphatic hydroxyl groups excluding tert-OH is 4. The summed E-state index contributed by atoms with van der Waals surface area (Å²) in [4.78, 5) is 0. The molecule has 1 aliphatic heterocycles. The third-order valence-corrected chi connectivity index (χ3v) is 2.03. The molecule has 0 amide bonds. The highest BCUT2D eigenvalue weighted by atomic mass is 16.4. The largest absolute Gasteiger partial charge is 0.394 e. The molecule has 12 heavy (non-hydrogen) atoms. The zero-order chi connectivity index (χ0) is 9.35. The fourth-order valence-electron chi connectivity index (χ4n) is 1.27. The fraction of sp³-hybridized carbons (Fsp3) is 1.00. The molecule has 6 heteroatoms. The standard InChI is InChI=1S/C6H13NO5/c8-2-4(10)6(12)3(9)1-5(11)7-6/h3-5,7-12H,1-2H2/t3-,4+,5?,6-/m1/s1. The van der Waals surface area contributed by atoms with Crippen molar-refractivity contribution in [3.05, 3.63) is 0 Å². The minimum absolute atomic E-state index is 0.0758. The summed E-state index contributed by atoms with van der Waals surface area (Å²) >= 11 is 0. The fourth-order valence-corrected chi connectivity index (χ4v) is 1.27. The third kappa shape index (κ3) is 1.45. The van der Waals surface area contributed by atoms with Gasteiger partial charge in [-0.15, -0.1) is 0 Å². The van der Waals surface area contributed by atoms with E-state index in [1.54, 1.807) is 0 Å². The van der Waals surface area contributed by atoms with Crippen LogP contribution in [0.2, 0.25) is 0 Å². The van der Waals surface area contributed by atoms with Gasteiger partial charge in [0, 0.05) is 6.42 Å². The maximum absolute atomic E-state index is 9.47. The Morgan fingerprint density at radius 3 is 2.42 bits per heavy atom. The Balaban J connectivity index is 2.70. The maximum atomic E-state index is 9.47. The van der Waals surface area contributed by atoms with Gasteiger partial charge in [0.25, 0.3) is 0 Å². The van der Waals surface area contributed by atoms with Crippen molar-refractivity contribution in [2.24, 2.45) is 0 Å². The van der Waals surface area contributed by atoms with Crippen LogP contribution in [0.25, 0.3) is 0 Å². The molecule has 0 radical (unpaired) electrons. The van der Waals surface area contributed by atoms with E-state index in [-0.39, 0.29) is 6.42 Å². The average molecular weight is 179 g/mol. The molecule has 1 saturated heterocycles. The first-order valence-corrected chi connectivity index (χ1v) is 3.66. The third-order valence-electron chi connectivity index (χ3n) is 2.03. The molecule has 1 rings (SSSR count). The number of hydrogen-bond donors (Lipinski definition) is 6. The summed E-state index contributed by atoms with van der Waals surface area (Å²) in [5.74, 6) is 0. The number of aliphatic hydroxyl groups is 5. The van der Waals surface area contributed by atoms with Crippen LogP contribution in [0.1, 0.15) is 6.42 Å². The van der Waals surface area contributed by atoms with Crippen LogP contribution in [-0.2, 0) is 0 Å². The molecule has 0 aromatic rings. The van der Waals surface area contributed by atoms with Crippen LogP contribution in [0.4, 0.5) is 0 Å². The number of nitrogens with one attached hydrogen (secondary N) is 1. The van der Waals surface area contributed by atoms with Crippen molar-refractivity contribution in [1.82, 2.24) is 5.32 Å². The lowest BCUT2D eigenvalue weighted by molar-refractivity contribution is -0.158. The van der Waals surface area contributed by atoms with E-state index < -0.39 is 30.8 Å². The summed E-state index contributed by atoms with van der Waals surface area (Å²) in [5, 5.41) is 47.4. The van der Waals surface area contributed by atoms with Crippen molar-refractivity contribution in [2.45, 2.75) is 30.6 Å². The Labute approximate surface area is 69.1 Å². The monoisotopic (exact) mass is 179 g/mol. The minimum atomic E-state index is -2.01. The highest BCUT2D eigenvalue weighted by Crippen LogP contribution is 2.23. The molecule has 0 saturated carbocycles. The van der Waals surface area contributed by atoms with E-state index in [1.165, 1.54) is 0 Å². The Morgan fingerprint density at radius 2 is 2.08 bits per heavy atom. The summed E-state index contributed by atoms with van der Waals surface area (Å²) in [6.07, 6.45) is -3.93. The Morgan fingerprint density at radius 1 is 1.50 bits per heavy atom. The first kappa shape index (κ1) is 9.85. The molecule has 0 bridgehead atoms. The number of hydrogen-bond acceptors (Lipinski definition) is 6. The van der Waals surface area contributed by atoms with E-state index in [4.69, 9.17) is 15.3 Å². The molecule has 1 heterocycles. The molecule has 6 nitrogen and oxygen atoms in total. The number of rotatable bonds is 2. The molecular formula is C6H13NO5. The van der Waals surface area contributed by atoms with Crippen LogP contribution in [-0.4, -0.2) is 56.3 Å². The topological polar surface area (TPSA) is 113 Å². The van der Waals surface area contributed by atoms with Gasteiger partial charge in [-0.05, 0) is 0 Å². The van der Waals surface area contributed by atoms with Crippen LogP contribution in [0.3, 0.4) is 0 Å². The van der Waals surface area contributed by atoms with E-state index >= 15 is 0 Å². The van der Waals surface area contributed by atoms with E-state index in [2.05, 4.69) is 5.32 Å². The highest BCUT2D eigenvalue weighted by Gasteiger charge is 2.49. The maximum Gasteiger partial charge on any atom is 0.172 e. The van der Waals surface area contributed by atoms with Gasteiger partial charge in [-0.3, -0.25) is 5.32 Å². The van der Waals surface area contributed by atoms with Gasteiger partial charge in [0.15, 0.2) is 5.72 Å². The van der Waals surface area contributed by atoms with Gasteiger partial charge < -0.3 is 25.5 Å². The first-order chi connectivity index (χ1) is 5.50. The second-order valence-electron chi connectivity index (χ2n) is 2.94. The molecule has 0 aromatic heterocycles. The van der Waals surface area contributed by atoms with Gasteiger partial charge in [0.1, 0.15) is 18.4 Å². The molecule has 0 aromatic carbocycles. The Hall–Kier alpha value is -0.240. The first-order valence-electron chi connectivity index (χ1n) is 3.66. The normalized spacial score (nSPS) is 44.8. The summed E-state index contributed by atoms with van der Waals surface area (Å²) in [5.41, 5.74) is -2.01. The molecule has 1 fully saturated rings. The lowest BCUT2D eigenvalue weighted by Gasteiger charge is -2.30. The molecule has 4 atom stereocenters. The highest BCUT2D eigenvalue weighted by molar-refractivity contribution is 4.97. The summed E-state index contributed by atoms with van der Waals surface area (Å²) in [7, 11) is 0. The summed E-state index contributed by atoms with van der Waals surface area (Å²) in [6.45, 7) is -0.687. The minimum Gasteiger partial charge on any atom is -0.394 e. The van der Waals surface area contributed by atoms with Crippen molar-refractivity contribution < 1.29 is 25.5 Å². The van der Waals surface area contributed by atoms with Gasteiger partial charge in [-0.25, -0.2) is 0 Å². The van der Waals surface area contributed by atoms with Gasteiger partial charge in [-0.1, -0.05) is 0 Å². The second-order valence-corrected chi connectivity index (χ2v) is 2.94. The molecule has 1 unspecified atom stereocenters. The van der Waals surface area contributed by atoms with Crippen LogP contribution in [0.15, 0.2) is 0 Å². The van der Waals surface area contributed by atoms with Crippen molar-refractivity contribution >= 4 is 0 Å². The van der Waals surface area contributed by atoms with Gasteiger partial charge in [0.2, 0.25) is 0 Å². The van der Waals surface area contributed by atoms with Crippen LogP contribution in [0.5, 0.6) is 0 Å².